The third-order valence-corrected chi connectivity index (χ3v) is 5.98. The number of hydrogen-bond acceptors (Lipinski definition) is 4. The van der Waals surface area contributed by atoms with Crippen LogP contribution in [0.25, 0.3) is 11.1 Å². The van der Waals surface area contributed by atoms with Gasteiger partial charge < -0.3 is 9.31 Å². The number of hydrogen-bond donors (Lipinski definition) is 1. The largest absolute Gasteiger partial charge is 0.497 e. The van der Waals surface area contributed by atoms with E-state index in [4.69, 9.17) is 14.4 Å². The van der Waals surface area contributed by atoms with E-state index in [2.05, 4.69) is 0 Å². The van der Waals surface area contributed by atoms with E-state index < -0.39 is 34.2 Å². The monoisotopic (exact) mass is 377 g/mol. The minimum absolute atomic E-state index is 0.0530. The Labute approximate surface area is 153 Å². The van der Waals surface area contributed by atoms with E-state index in [1.54, 1.807) is 30.3 Å². The van der Waals surface area contributed by atoms with E-state index in [0.29, 0.717) is 11.1 Å². The zero-order valence-corrected chi connectivity index (χ0v) is 15.9. The summed E-state index contributed by atoms with van der Waals surface area (Å²) in [6, 6.07) is 10.7. The molecule has 0 atom stereocenters. The van der Waals surface area contributed by atoms with Crippen LogP contribution in [0.4, 0.5) is 4.39 Å². The summed E-state index contributed by atoms with van der Waals surface area (Å²) in [4.78, 5) is -0.0530. The highest BCUT2D eigenvalue weighted by Gasteiger charge is 2.52. The lowest BCUT2D eigenvalue weighted by molar-refractivity contribution is 0.00578. The van der Waals surface area contributed by atoms with Gasteiger partial charge in [-0.15, -0.1) is 0 Å². The molecular weight excluding hydrogens is 356 g/mol. The van der Waals surface area contributed by atoms with E-state index in [1.165, 1.54) is 12.1 Å². The van der Waals surface area contributed by atoms with Crippen LogP contribution in [0, 0.1) is 5.82 Å². The normalized spacial score (nSPS) is 18.9. The molecule has 2 N–H and O–H groups in total. The van der Waals surface area contributed by atoms with Crippen LogP contribution in [0.2, 0.25) is 0 Å². The highest BCUT2D eigenvalue weighted by molar-refractivity contribution is 7.89. The van der Waals surface area contributed by atoms with Gasteiger partial charge in [0.25, 0.3) is 0 Å². The Hall–Kier alpha value is -1.74. The maximum absolute atomic E-state index is 14.8. The lowest BCUT2D eigenvalue weighted by atomic mass is 9.78. The van der Waals surface area contributed by atoms with Gasteiger partial charge in [0.05, 0.1) is 16.1 Å². The number of halogens is 1. The Balaban J connectivity index is 2.01. The van der Waals surface area contributed by atoms with Crippen LogP contribution in [0.5, 0.6) is 0 Å². The maximum atomic E-state index is 14.8. The second-order valence-electron chi connectivity index (χ2n) is 7.37. The number of benzene rings is 2. The Kier molecular flexibility index (Phi) is 4.51. The van der Waals surface area contributed by atoms with Gasteiger partial charge in [-0.25, -0.2) is 17.9 Å². The molecule has 2 aromatic carbocycles. The SMILES string of the molecule is CC1(C)OB(c2ccc(-c3ccccc3S(N)(=O)=O)cc2F)OC1(C)C. The van der Waals surface area contributed by atoms with Crippen molar-refractivity contribution in [3.63, 3.8) is 0 Å². The molecule has 0 radical (unpaired) electrons. The standard InChI is InChI=1S/C18H21BFNO4S/c1-17(2)18(3,4)25-19(24-17)14-10-9-12(11-15(14)20)13-7-5-6-8-16(13)26(21,22)23/h5-11H,1-4H3,(H2,21,22,23). The minimum Gasteiger partial charge on any atom is -0.399 e. The molecule has 26 heavy (non-hydrogen) atoms. The second-order valence-corrected chi connectivity index (χ2v) is 8.90. The highest BCUT2D eigenvalue weighted by atomic mass is 32.2. The maximum Gasteiger partial charge on any atom is 0.497 e. The van der Waals surface area contributed by atoms with Crippen molar-refractivity contribution in [1.82, 2.24) is 0 Å². The number of rotatable bonds is 3. The van der Waals surface area contributed by atoms with Crippen molar-refractivity contribution >= 4 is 22.6 Å². The number of primary sulfonamides is 1. The molecule has 2 aromatic rings. The molecule has 138 valence electrons. The fourth-order valence-corrected chi connectivity index (χ4v) is 3.57. The lowest BCUT2D eigenvalue weighted by Crippen LogP contribution is -2.41. The Morgan fingerprint density at radius 3 is 2.12 bits per heavy atom. The first-order valence-corrected chi connectivity index (χ1v) is 9.74. The molecule has 1 aliphatic rings. The van der Waals surface area contributed by atoms with E-state index >= 15 is 0 Å². The lowest BCUT2D eigenvalue weighted by Gasteiger charge is -2.32. The van der Waals surface area contributed by atoms with E-state index in [0.717, 1.165) is 0 Å². The van der Waals surface area contributed by atoms with Crippen molar-refractivity contribution in [2.75, 3.05) is 0 Å². The van der Waals surface area contributed by atoms with Crippen LogP contribution in [-0.4, -0.2) is 26.7 Å². The third kappa shape index (κ3) is 3.30. The molecule has 5 nitrogen and oxygen atoms in total. The molecule has 3 rings (SSSR count). The van der Waals surface area contributed by atoms with Gasteiger partial charge >= 0.3 is 7.12 Å². The van der Waals surface area contributed by atoms with Crippen molar-refractivity contribution in [2.24, 2.45) is 5.14 Å². The molecule has 0 spiro atoms. The summed E-state index contributed by atoms with van der Waals surface area (Å²) >= 11 is 0. The average Bonchev–Trinajstić information content (AvgIpc) is 2.74. The van der Waals surface area contributed by atoms with Gasteiger partial charge in [0.15, 0.2) is 0 Å². The summed E-state index contributed by atoms with van der Waals surface area (Å²) in [5.41, 5.74) is -0.145. The summed E-state index contributed by atoms with van der Waals surface area (Å²) < 4.78 is 50.1. The summed E-state index contributed by atoms with van der Waals surface area (Å²) in [5, 5.41) is 5.26. The van der Waals surface area contributed by atoms with Gasteiger partial charge in [-0.05, 0) is 45.4 Å². The van der Waals surface area contributed by atoms with Gasteiger partial charge in [0.1, 0.15) is 5.82 Å². The Morgan fingerprint density at radius 1 is 1.00 bits per heavy atom. The van der Waals surface area contributed by atoms with Crippen LogP contribution in [0.3, 0.4) is 0 Å². The summed E-state index contributed by atoms with van der Waals surface area (Å²) in [6.07, 6.45) is 0. The van der Waals surface area contributed by atoms with E-state index in [-0.39, 0.29) is 10.4 Å². The molecule has 0 unspecified atom stereocenters. The van der Waals surface area contributed by atoms with E-state index in [1.807, 2.05) is 27.7 Å². The average molecular weight is 377 g/mol. The fourth-order valence-electron chi connectivity index (χ4n) is 2.81. The van der Waals surface area contributed by atoms with Gasteiger partial charge in [0.2, 0.25) is 10.0 Å². The molecule has 1 aliphatic heterocycles. The van der Waals surface area contributed by atoms with Crippen molar-refractivity contribution < 1.29 is 22.1 Å². The summed E-state index contributed by atoms with van der Waals surface area (Å²) in [7, 11) is -4.75. The van der Waals surface area contributed by atoms with E-state index in [9.17, 15) is 12.8 Å². The molecule has 1 fully saturated rings. The van der Waals surface area contributed by atoms with Crippen molar-refractivity contribution in [1.29, 1.82) is 0 Å². The topological polar surface area (TPSA) is 78.6 Å². The van der Waals surface area contributed by atoms with Gasteiger partial charge in [-0.2, -0.15) is 0 Å². The fraction of sp³-hybridized carbons (Fsp3) is 0.333. The Morgan fingerprint density at radius 2 is 1.58 bits per heavy atom. The Bertz CT molecular complexity index is 943. The van der Waals surface area contributed by atoms with Crippen LogP contribution in [0.1, 0.15) is 27.7 Å². The number of sulfonamides is 1. The van der Waals surface area contributed by atoms with Crippen molar-refractivity contribution in [2.45, 2.75) is 43.8 Å². The molecule has 1 heterocycles. The van der Waals surface area contributed by atoms with Crippen molar-refractivity contribution in [3.05, 3.63) is 48.3 Å². The molecule has 0 saturated carbocycles. The highest BCUT2D eigenvalue weighted by Crippen LogP contribution is 2.37. The quantitative estimate of drug-likeness (QED) is 0.834. The predicted molar refractivity (Wildman–Crippen MR) is 98.9 cm³/mol. The van der Waals surface area contributed by atoms with Crippen LogP contribution < -0.4 is 10.6 Å². The zero-order valence-electron chi connectivity index (χ0n) is 15.1. The second kappa shape index (κ2) is 6.16. The molecule has 8 heteroatoms. The molecule has 0 amide bonds. The van der Waals surface area contributed by atoms with Crippen LogP contribution >= 0.6 is 0 Å². The summed E-state index contributed by atoms with van der Waals surface area (Å²) in [6.45, 7) is 7.56. The number of nitrogens with two attached hydrogens (primary N) is 1. The first-order valence-electron chi connectivity index (χ1n) is 8.20. The third-order valence-electron chi connectivity index (χ3n) is 5.01. The first kappa shape index (κ1) is 19.0. The van der Waals surface area contributed by atoms with Crippen LogP contribution in [0.15, 0.2) is 47.4 Å². The molecule has 0 bridgehead atoms. The zero-order chi connectivity index (χ0) is 19.3. The van der Waals surface area contributed by atoms with Crippen molar-refractivity contribution in [3.8, 4) is 11.1 Å². The minimum atomic E-state index is -3.92. The summed E-state index contributed by atoms with van der Waals surface area (Å²) in [5.74, 6) is -0.537. The van der Waals surface area contributed by atoms with Gasteiger partial charge in [0, 0.05) is 11.0 Å². The molecule has 1 saturated heterocycles. The van der Waals surface area contributed by atoms with Gasteiger partial charge in [-0.3, -0.25) is 0 Å². The van der Waals surface area contributed by atoms with Crippen LogP contribution in [-0.2, 0) is 19.3 Å². The van der Waals surface area contributed by atoms with Gasteiger partial charge in [-0.1, -0.05) is 30.3 Å². The molecule has 0 aromatic heterocycles. The smallest absolute Gasteiger partial charge is 0.399 e. The molecule has 0 aliphatic carbocycles. The first-order chi connectivity index (χ1) is 11.9. The molecular formula is C18H21BFNO4S. The predicted octanol–water partition coefficient (Wildman–Crippen LogP) is 2.44.